The standard InChI is InChI=1S/C20H22N2O3S/c23-19(15-26-14-16-6-2-1-3-7-16)21-18-9-5-4-8-17(18)20(24)22-10-12-25-13-11-22/h1-9H,10-15H2,(H,21,23). The molecule has 2 aromatic rings. The van der Waals surface area contributed by atoms with E-state index in [1.807, 2.05) is 42.5 Å². The Morgan fingerprint density at radius 1 is 1.00 bits per heavy atom. The molecule has 0 aliphatic carbocycles. The Morgan fingerprint density at radius 2 is 1.69 bits per heavy atom. The maximum atomic E-state index is 12.7. The number of amides is 2. The molecule has 0 saturated carbocycles. The predicted molar refractivity (Wildman–Crippen MR) is 104 cm³/mol. The van der Waals surface area contributed by atoms with Crippen LogP contribution in [0.15, 0.2) is 54.6 Å². The highest BCUT2D eigenvalue weighted by molar-refractivity contribution is 7.99. The Morgan fingerprint density at radius 3 is 2.46 bits per heavy atom. The molecule has 1 heterocycles. The van der Waals surface area contributed by atoms with Crippen LogP contribution in [0.5, 0.6) is 0 Å². The van der Waals surface area contributed by atoms with Crippen LogP contribution < -0.4 is 5.32 Å². The van der Waals surface area contributed by atoms with E-state index in [1.165, 1.54) is 5.56 Å². The summed E-state index contributed by atoms with van der Waals surface area (Å²) in [5.41, 5.74) is 2.28. The lowest BCUT2D eigenvalue weighted by atomic mass is 10.1. The minimum Gasteiger partial charge on any atom is -0.378 e. The van der Waals surface area contributed by atoms with Gasteiger partial charge >= 0.3 is 0 Å². The van der Waals surface area contributed by atoms with Crippen LogP contribution in [-0.2, 0) is 15.3 Å². The number of hydrogen-bond acceptors (Lipinski definition) is 4. The SMILES string of the molecule is O=C(CSCc1ccccc1)Nc1ccccc1C(=O)N1CCOCC1. The Kier molecular flexibility index (Phi) is 6.68. The Hall–Kier alpha value is -2.31. The summed E-state index contributed by atoms with van der Waals surface area (Å²) in [7, 11) is 0. The van der Waals surface area contributed by atoms with Crippen molar-refractivity contribution >= 4 is 29.3 Å². The van der Waals surface area contributed by atoms with Gasteiger partial charge in [0.05, 0.1) is 30.2 Å². The molecule has 0 spiro atoms. The van der Waals surface area contributed by atoms with Crippen LogP contribution in [0, 0.1) is 0 Å². The van der Waals surface area contributed by atoms with Crippen molar-refractivity contribution in [3.05, 3.63) is 65.7 Å². The summed E-state index contributed by atoms with van der Waals surface area (Å²) in [6.45, 7) is 2.26. The van der Waals surface area contributed by atoms with E-state index in [1.54, 1.807) is 28.8 Å². The number of para-hydroxylation sites is 1. The molecular weight excluding hydrogens is 348 g/mol. The molecule has 1 N–H and O–H groups in total. The second kappa shape index (κ2) is 9.40. The molecule has 0 bridgehead atoms. The largest absolute Gasteiger partial charge is 0.378 e. The van der Waals surface area contributed by atoms with E-state index in [2.05, 4.69) is 5.32 Å². The molecule has 1 aliphatic rings. The van der Waals surface area contributed by atoms with Gasteiger partial charge < -0.3 is 15.0 Å². The normalized spacial score (nSPS) is 14.1. The summed E-state index contributed by atoms with van der Waals surface area (Å²) in [5, 5.41) is 2.88. The van der Waals surface area contributed by atoms with Gasteiger partial charge in [0.2, 0.25) is 5.91 Å². The van der Waals surface area contributed by atoms with E-state index < -0.39 is 0 Å². The van der Waals surface area contributed by atoms with Crippen molar-refractivity contribution in [1.29, 1.82) is 0 Å². The average molecular weight is 370 g/mol. The van der Waals surface area contributed by atoms with Gasteiger partial charge in [-0.15, -0.1) is 11.8 Å². The summed E-state index contributed by atoms with van der Waals surface area (Å²) in [5.74, 6) is 0.951. The van der Waals surface area contributed by atoms with Crippen molar-refractivity contribution < 1.29 is 14.3 Å². The zero-order valence-electron chi connectivity index (χ0n) is 14.5. The molecule has 6 heteroatoms. The first kappa shape index (κ1) is 18.5. The van der Waals surface area contributed by atoms with Crippen molar-refractivity contribution in [3.8, 4) is 0 Å². The number of hydrogen-bond donors (Lipinski definition) is 1. The number of morpholine rings is 1. The van der Waals surface area contributed by atoms with Gasteiger partial charge in [-0.2, -0.15) is 0 Å². The molecule has 2 amide bonds. The summed E-state index contributed by atoms with van der Waals surface area (Å²) >= 11 is 1.55. The number of ether oxygens (including phenoxy) is 1. The number of nitrogens with one attached hydrogen (secondary N) is 1. The minimum atomic E-state index is -0.104. The maximum absolute atomic E-state index is 12.7. The number of anilines is 1. The molecule has 1 aliphatic heterocycles. The van der Waals surface area contributed by atoms with Gasteiger partial charge in [0.15, 0.2) is 0 Å². The topological polar surface area (TPSA) is 58.6 Å². The van der Waals surface area contributed by atoms with Gasteiger partial charge in [-0.25, -0.2) is 0 Å². The van der Waals surface area contributed by atoms with E-state index >= 15 is 0 Å². The van der Waals surface area contributed by atoms with Gasteiger partial charge in [0, 0.05) is 18.8 Å². The molecule has 2 aromatic carbocycles. The van der Waals surface area contributed by atoms with Crippen LogP contribution in [-0.4, -0.2) is 48.8 Å². The fourth-order valence-electron chi connectivity index (χ4n) is 2.74. The first-order valence-corrected chi connectivity index (χ1v) is 9.77. The number of thioether (sulfide) groups is 1. The highest BCUT2D eigenvalue weighted by Crippen LogP contribution is 2.19. The second-order valence-electron chi connectivity index (χ2n) is 5.98. The summed E-state index contributed by atoms with van der Waals surface area (Å²) in [4.78, 5) is 26.8. The van der Waals surface area contributed by atoms with Crippen LogP contribution in [0.1, 0.15) is 15.9 Å². The molecule has 26 heavy (non-hydrogen) atoms. The monoisotopic (exact) mass is 370 g/mol. The molecule has 136 valence electrons. The third-order valence-electron chi connectivity index (χ3n) is 4.07. The van der Waals surface area contributed by atoms with Crippen LogP contribution in [0.3, 0.4) is 0 Å². The molecule has 0 atom stereocenters. The summed E-state index contributed by atoms with van der Waals surface area (Å²) in [6.07, 6.45) is 0. The van der Waals surface area contributed by atoms with E-state index in [0.717, 1.165) is 5.75 Å². The van der Waals surface area contributed by atoms with Gasteiger partial charge in [0.1, 0.15) is 0 Å². The minimum absolute atomic E-state index is 0.0684. The number of carbonyl (C=O) groups is 2. The van der Waals surface area contributed by atoms with Crippen LogP contribution in [0.25, 0.3) is 0 Å². The number of benzene rings is 2. The van der Waals surface area contributed by atoms with Gasteiger partial charge in [-0.3, -0.25) is 9.59 Å². The smallest absolute Gasteiger partial charge is 0.256 e. The first-order chi connectivity index (χ1) is 12.7. The van der Waals surface area contributed by atoms with Gasteiger partial charge in [0.25, 0.3) is 5.91 Å². The zero-order valence-corrected chi connectivity index (χ0v) is 15.3. The van der Waals surface area contributed by atoms with Crippen molar-refractivity contribution in [1.82, 2.24) is 4.90 Å². The third-order valence-corrected chi connectivity index (χ3v) is 5.08. The molecule has 0 unspecified atom stereocenters. The molecule has 0 aromatic heterocycles. The molecule has 1 fully saturated rings. The Balaban J connectivity index is 1.57. The number of carbonyl (C=O) groups excluding carboxylic acids is 2. The third kappa shape index (κ3) is 5.09. The van der Waals surface area contributed by atoms with Crippen LogP contribution in [0.4, 0.5) is 5.69 Å². The molecular formula is C20H22N2O3S. The van der Waals surface area contributed by atoms with Crippen molar-refractivity contribution in [3.63, 3.8) is 0 Å². The molecule has 5 nitrogen and oxygen atoms in total. The number of nitrogens with zero attached hydrogens (tertiary/aromatic N) is 1. The Bertz CT molecular complexity index is 746. The Labute approximate surface area is 157 Å². The second-order valence-corrected chi connectivity index (χ2v) is 6.96. The number of rotatable bonds is 6. The summed E-state index contributed by atoms with van der Waals surface area (Å²) in [6, 6.07) is 17.2. The quantitative estimate of drug-likeness (QED) is 0.849. The predicted octanol–water partition coefficient (Wildman–Crippen LogP) is 3.03. The van der Waals surface area contributed by atoms with E-state index in [-0.39, 0.29) is 11.8 Å². The van der Waals surface area contributed by atoms with Gasteiger partial charge in [-0.05, 0) is 17.7 Å². The zero-order chi connectivity index (χ0) is 18.2. The summed E-state index contributed by atoms with van der Waals surface area (Å²) < 4.78 is 5.29. The lowest BCUT2D eigenvalue weighted by molar-refractivity contribution is -0.113. The van der Waals surface area contributed by atoms with Crippen LogP contribution >= 0.6 is 11.8 Å². The highest BCUT2D eigenvalue weighted by Gasteiger charge is 2.21. The van der Waals surface area contributed by atoms with E-state index in [4.69, 9.17) is 4.74 Å². The lowest BCUT2D eigenvalue weighted by Crippen LogP contribution is -2.41. The van der Waals surface area contributed by atoms with Crippen LogP contribution in [0.2, 0.25) is 0 Å². The van der Waals surface area contributed by atoms with Gasteiger partial charge in [-0.1, -0.05) is 42.5 Å². The lowest BCUT2D eigenvalue weighted by Gasteiger charge is -2.27. The van der Waals surface area contributed by atoms with Crippen molar-refractivity contribution in [2.75, 3.05) is 37.4 Å². The molecule has 0 radical (unpaired) electrons. The fourth-order valence-corrected chi connectivity index (χ4v) is 3.53. The van der Waals surface area contributed by atoms with Crippen molar-refractivity contribution in [2.45, 2.75) is 5.75 Å². The maximum Gasteiger partial charge on any atom is 0.256 e. The van der Waals surface area contributed by atoms with E-state index in [9.17, 15) is 9.59 Å². The average Bonchev–Trinajstić information content (AvgIpc) is 2.69. The van der Waals surface area contributed by atoms with Crippen molar-refractivity contribution in [2.24, 2.45) is 0 Å². The highest BCUT2D eigenvalue weighted by atomic mass is 32.2. The molecule has 1 saturated heterocycles. The fraction of sp³-hybridized carbons (Fsp3) is 0.300. The first-order valence-electron chi connectivity index (χ1n) is 8.61. The molecule has 3 rings (SSSR count). The van der Waals surface area contributed by atoms with E-state index in [0.29, 0.717) is 43.3 Å².